The second-order valence-electron chi connectivity index (χ2n) is 25.0. The van der Waals surface area contributed by atoms with Crippen LogP contribution in [0.5, 0.6) is 11.6 Å². The molecule has 1 spiro atoms. The monoisotopic (exact) mass is 1170 g/mol. The molecule has 2 saturated carbocycles. The van der Waals surface area contributed by atoms with E-state index in [1.54, 1.807) is 26.2 Å². The molecule has 442 valence electrons. The number of sulfonamides is 1. The van der Waals surface area contributed by atoms with Crippen LogP contribution in [0.25, 0.3) is 22.0 Å². The Morgan fingerprint density at radius 1 is 1.01 bits per heavy atom. The number of fused-ring (bicyclic) bond motifs is 4. The number of benzene rings is 4. The van der Waals surface area contributed by atoms with Crippen molar-refractivity contribution in [1.82, 2.24) is 24.5 Å². The highest BCUT2D eigenvalue weighted by atomic mass is 32.2. The van der Waals surface area contributed by atoms with Gasteiger partial charge in [-0.2, -0.15) is 4.98 Å². The normalized spacial score (nSPS) is 23.7. The Hall–Kier alpha value is -7.30. The van der Waals surface area contributed by atoms with Gasteiger partial charge in [-0.05, 0) is 142 Å². The zero-order chi connectivity index (χ0) is 58.4. The Balaban J connectivity index is 0.772. The van der Waals surface area contributed by atoms with Crippen LogP contribution in [0.1, 0.15) is 110 Å². The molecule has 3 atom stereocenters. The molecule has 4 N–H and O–H groups in total. The second-order valence-corrected chi connectivity index (χ2v) is 26.6. The number of furan rings is 1. The number of methoxy groups -OCH3 is 1. The number of halogens is 1. The lowest BCUT2D eigenvalue weighted by molar-refractivity contribution is -0.384. The lowest BCUT2D eigenvalue weighted by Crippen LogP contribution is -2.68. The number of nitrogens with zero attached hydrogens (tertiary/aromatic N) is 6. The number of nitro groups is 1. The summed E-state index contributed by atoms with van der Waals surface area (Å²) in [5, 5.41) is 27.3. The fourth-order valence-electron chi connectivity index (χ4n) is 14.3. The highest BCUT2D eigenvalue weighted by Crippen LogP contribution is 2.54. The Morgan fingerprint density at radius 2 is 1.81 bits per heavy atom. The highest BCUT2D eigenvalue weighted by Gasteiger charge is 2.55. The van der Waals surface area contributed by atoms with Gasteiger partial charge in [0, 0.05) is 93.3 Å². The first-order valence-electron chi connectivity index (χ1n) is 29.4. The highest BCUT2D eigenvalue weighted by molar-refractivity contribution is 7.90. The maximum Gasteiger partial charge on any atom is 0.293 e. The van der Waals surface area contributed by atoms with Gasteiger partial charge in [-0.15, -0.1) is 0 Å². The van der Waals surface area contributed by atoms with Crippen molar-refractivity contribution in [1.29, 1.82) is 0 Å². The summed E-state index contributed by atoms with van der Waals surface area (Å²) < 4.78 is 70.4. The van der Waals surface area contributed by atoms with Crippen LogP contribution in [0.4, 0.5) is 32.8 Å². The number of aromatic amines is 1. The third-order valence-electron chi connectivity index (χ3n) is 18.7. The predicted molar refractivity (Wildman–Crippen MR) is 318 cm³/mol. The molecule has 6 aliphatic rings. The summed E-state index contributed by atoms with van der Waals surface area (Å²) in [5.74, 6) is 0.827. The fraction of sp³-hybridized carbons (Fsp3) is 0.460. The van der Waals surface area contributed by atoms with Gasteiger partial charge in [0.1, 0.15) is 34.7 Å². The zero-order valence-electron chi connectivity index (χ0n) is 48.0. The topological polar surface area (TPSA) is 221 Å². The number of carbonyl (C=O) groups excluding carboxylic acids is 1. The van der Waals surface area contributed by atoms with Crippen molar-refractivity contribution in [2.24, 2.45) is 11.3 Å². The number of aryl methyl sites for hydroxylation is 1. The minimum Gasteiger partial charge on any atom is -0.493 e. The molecular weight excluding hydrogens is 1090 g/mol. The molecule has 4 aliphatic heterocycles. The average molecular weight is 1170 g/mol. The molecule has 5 fully saturated rings. The number of aromatic nitrogens is 2. The molecule has 2 aliphatic carbocycles. The van der Waals surface area contributed by atoms with Crippen LogP contribution < -0.4 is 29.3 Å². The van der Waals surface area contributed by atoms with Gasteiger partial charge in [0.2, 0.25) is 5.88 Å². The number of anilines is 4. The largest absolute Gasteiger partial charge is 0.493 e. The van der Waals surface area contributed by atoms with Crippen LogP contribution in [-0.4, -0.2) is 128 Å². The van der Waals surface area contributed by atoms with Gasteiger partial charge in [-0.3, -0.25) is 24.7 Å². The number of nitro benzene ring substituents is 1. The van der Waals surface area contributed by atoms with Crippen molar-refractivity contribution in [3.63, 3.8) is 0 Å². The van der Waals surface area contributed by atoms with E-state index in [0.717, 1.165) is 99.2 Å². The van der Waals surface area contributed by atoms with Crippen LogP contribution in [0.15, 0.2) is 100 Å². The standard InChI is InChI=1S/C63H72FN9O10S/c1-37(2)45-8-6-7-9-46(45)55-33-69(32-40-23-41-22-38(3)82-58(41)56(24-40)80-5)19-20-71(55)43-28-63(29-43)35-70(36-63)42-10-12-47(52(25-42)72-51-16-21-81-34-57(51)83-61-54(72)27-48-49(64)31-66-59(48)67-61)60(74)68-84(78,79)44-11-13-50(53(26-44)73(76)77)65-30-39-14-17-62(4,75)18-15-39/h6-13,22-27,31,37,39,43,51,55,57,65,75H,14-21,28-30,32-36H2,1-5H3,(H,66,67)(H,68,74)/t39?,51-,55-,57-,62?/m0/s1. The predicted octanol–water partition coefficient (Wildman–Crippen LogP) is 10.5. The molecule has 4 aromatic carbocycles. The Kier molecular flexibility index (Phi) is 14.4. The SMILES string of the molecule is COc1cc(CN2CCN(C3CC4(C3)CN(c3ccc(C(=O)NS(=O)(=O)c5ccc(NCC6CCC(C)(O)CC6)c([N+](=O)[O-])c5)c(N5c6cc7c(F)c[nH]c7nc6O[C@H]6COCC[C@@H]65)c3)C4)[C@H](c3ccccc3C(C)C)C2)cc2cc(C)oc12. The Morgan fingerprint density at radius 3 is 2.58 bits per heavy atom. The second kappa shape index (κ2) is 21.6. The van der Waals surface area contributed by atoms with Crippen LogP contribution in [-0.2, 0) is 21.3 Å². The molecule has 0 radical (unpaired) electrons. The number of piperazine rings is 1. The van der Waals surface area contributed by atoms with E-state index in [1.807, 2.05) is 24.0 Å². The van der Waals surface area contributed by atoms with Gasteiger partial charge in [0.05, 0.1) is 51.8 Å². The molecular formula is C63H72FN9O10S. The Labute approximate surface area is 487 Å². The fourth-order valence-corrected chi connectivity index (χ4v) is 15.3. The summed E-state index contributed by atoms with van der Waals surface area (Å²) in [5.41, 5.74) is 5.58. The van der Waals surface area contributed by atoms with E-state index in [4.69, 9.17) is 23.6 Å². The molecule has 84 heavy (non-hydrogen) atoms. The minimum absolute atomic E-state index is 0.0105. The molecule has 7 aromatic rings. The number of hydrogen-bond acceptors (Lipinski definition) is 16. The lowest BCUT2D eigenvalue weighted by Gasteiger charge is -2.63. The molecule has 13 rings (SSSR count). The number of carbonyl (C=O) groups is 1. The third kappa shape index (κ3) is 10.5. The summed E-state index contributed by atoms with van der Waals surface area (Å²) in [4.78, 5) is 43.3. The minimum atomic E-state index is -4.70. The molecule has 19 nitrogen and oxygen atoms in total. The van der Waals surface area contributed by atoms with Gasteiger partial charge in [0.15, 0.2) is 11.3 Å². The first-order chi connectivity index (χ1) is 40.3. The van der Waals surface area contributed by atoms with Gasteiger partial charge in [-0.25, -0.2) is 17.5 Å². The van der Waals surface area contributed by atoms with Crippen molar-refractivity contribution in [2.75, 3.05) is 74.7 Å². The van der Waals surface area contributed by atoms with Gasteiger partial charge in [0.25, 0.3) is 21.6 Å². The number of amides is 1. The van der Waals surface area contributed by atoms with Crippen molar-refractivity contribution >= 4 is 66.4 Å². The summed E-state index contributed by atoms with van der Waals surface area (Å²) in [7, 11) is -3.01. The van der Waals surface area contributed by atoms with E-state index in [9.17, 15) is 28.4 Å². The smallest absolute Gasteiger partial charge is 0.293 e. The number of H-pyrrole nitrogens is 1. The van der Waals surface area contributed by atoms with E-state index >= 15 is 4.39 Å². The van der Waals surface area contributed by atoms with Gasteiger partial charge in [-0.1, -0.05) is 38.1 Å². The van der Waals surface area contributed by atoms with Crippen LogP contribution >= 0.6 is 0 Å². The first kappa shape index (κ1) is 55.9. The zero-order valence-corrected chi connectivity index (χ0v) is 48.8. The first-order valence-corrected chi connectivity index (χ1v) is 30.9. The van der Waals surface area contributed by atoms with Gasteiger partial charge >= 0.3 is 0 Å². The maximum absolute atomic E-state index is 15.4. The van der Waals surface area contributed by atoms with E-state index in [2.05, 4.69) is 86.0 Å². The molecule has 3 aromatic heterocycles. The summed E-state index contributed by atoms with van der Waals surface area (Å²) in [6.45, 7) is 14.3. The quantitative estimate of drug-likeness (QED) is 0.0554. The third-order valence-corrected chi connectivity index (χ3v) is 20.1. The molecule has 3 saturated heterocycles. The maximum atomic E-state index is 15.4. The van der Waals surface area contributed by atoms with Gasteiger partial charge < -0.3 is 43.8 Å². The molecule has 21 heteroatoms. The van der Waals surface area contributed by atoms with Crippen molar-refractivity contribution < 1.29 is 46.3 Å². The summed E-state index contributed by atoms with van der Waals surface area (Å²) >= 11 is 0. The number of ether oxygens (including phenoxy) is 3. The molecule has 7 heterocycles. The van der Waals surface area contributed by atoms with E-state index in [1.165, 1.54) is 35.0 Å². The molecule has 0 unspecified atom stereocenters. The number of aliphatic hydroxyl groups is 1. The number of nitrogens with one attached hydrogen (secondary N) is 3. The van der Waals surface area contributed by atoms with Crippen molar-refractivity contribution in [3.8, 4) is 11.6 Å². The number of pyridine rings is 1. The van der Waals surface area contributed by atoms with E-state index in [0.29, 0.717) is 55.7 Å². The summed E-state index contributed by atoms with van der Waals surface area (Å²) in [6, 6.07) is 26.0. The van der Waals surface area contributed by atoms with E-state index in [-0.39, 0.29) is 52.1 Å². The number of rotatable bonds is 15. The number of hydrogen-bond donors (Lipinski definition) is 4. The van der Waals surface area contributed by atoms with Crippen LogP contribution in [0, 0.1) is 34.2 Å². The lowest BCUT2D eigenvalue weighted by atomic mass is 9.59. The molecule has 1 amide bonds. The Bertz CT molecular complexity index is 3810. The van der Waals surface area contributed by atoms with Crippen LogP contribution in [0.2, 0.25) is 0 Å². The average Bonchev–Trinajstić information content (AvgIpc) is 1.30. The van der Waals surface area contributed by atoms with Crippen LogP contribution in [0.3, 0.4) is 0 Å². The summed E-state index contributed by atoms with van der Waals surface area (Å²) in [6.07, 6.45) is 5.89. The van der Waals surface area contributed by atoms with Crippen molar-refractivity contribution in [3.05, 3.63) is 135 Å². The molecule has 0 bridgehead atoms. The van der Waals surface area contributed by atoms with E-state index < -0.39 is 55.0 Å². The van der Waals surface area contributed by atoms with Crippen molar-refractivity contribution in [2.45, 2.75) is 120 Å².